The Bertz CT molecular complexity index is 3300. The molecule has 0 N–H and O–H groups in total. The summed E-state index contributed by atoms with van der Waals surface area (Å²) < 4.78 is 8.54. The third-order valence-corrected chi connectivity index (χ3v) is 25.5. The van der Waals surface area contributed by atoms with Crippen molar-refractivity contribution in [3.05, 3.63) is 236 Å². The second-order valence-corrected chi connectivity index (χ2v) is 32.5. The minimum atomic E-state index is -0.0229. The van der Waals surface area contributed by atoms with E-state index >= 15 is 0 Å². The zero-order valence-corrected chi connectivity index (χ0v) is 61.4. The highest BCUT2D eigenvalue weighted by molar-refractivity contribution is 7.97. The van der Waals surface area contributed by atoms with E-state index in [1.165, 1.54) is 192 Å². The molecule has 1 aromatic heterocycles. The summed E-state index contributed by atoms with van der Waals surface area (Å²) in [6, 6.07) is 81.5. The Hall–Kier alpha value is -5.73. The number of ether oxygens (including phenoxy) is 1. The SMILES string of the molecule is CN1CCC(N2CCCCC2)CC1.CN1CCC([N+](C)(C)C)CC1.COc1ccc(N2CCCCC2)cc1.Cc1ccc([S+](c2ccccc2)c2ccccc2)cc1.Cn1cc([S+]2CCCC2)c2ccccc21.[Br-].c1ccc([S+](c2ccccc2)c2ccccc2)cc1. The summed E-state index contributed by atoms with van der Waals surface area (Å²) in [7, 11) is 15.7. The van der Waals surface area contributed by atoms with Crippen molar-refractivity contribution >= 4 is 49.3 Å². The van der Waals surface area contributed by atoms with Crippen LogP contribution in [0.5, 0.6) is 5.75 Å². The number of para-hydroxylation sites is 1. The molecule has 0 spiro atoms. The van der Waals surface area contributed by atoms with E-state index in [4.69, 9.17) is 4.74 Å². The number of aromatic nitrogens is 1. The third kappa shape index (κ3) is 22.7. The summed E-state index contributed by atoms with van der Waals surface area (Å²) in [5, 5.41) is 1.48. The van der Waals surface area contributed by atoms with Gasteiger partial charge in [0.1, 0.15) is 17.3 Å². The van der Waals surface area contributed by atoms with Gasteiger partial charge < -0.3 is 50.4 Å². The minimum absolute atomic E-state index is 0. The lowest BCUT2D eigenvalue weighted by molar-refractivity contribution is -0.897. The second-order valence-electron chi connectivity index (χ2n) is 26.2. The number of piperidine rings is 4. The lowest BCUT2D eigenvalue weighted by Crippen LogP contribution is -3.00. The highest BCUT2D eigenvalue weighted by Crippen LogP contribution is 2.34. The van der Waals surface area contributed by atoms with Crippen molar-refractivity contribution in [1.82, 2.24) is 19.3 Å². The number of rotatable bonds is 11. The topological polar surface area (TPSA) is 27.1 Å². The number of fused-ring (bicyclic) bond motifs is 1. The van der Waals surface area contributed by atoms with Crippen molar-refractivity contribution in [2.45, 2.75) is 130 Å². The van der Waals surface area contributed by atoms with Gasteiger partial charge in [0.25, 0.3) is 0 Å². The van der Waals surface area contributed by atoms with E-state index in [-0.39, 0.29) is 38.8 Å². The first-order valence-electron chi connectivity index (χ1n) is 34.2. The molecule has 9 aromatic rings. The molecule has 0 amide bonds. The van der Waals surface area contributed by atoms with E-state index in [1.54, 1.807) is 12.0 Å². The fraction of sp³-hybridized carbons (Fsp3) is 0.390. The molecular formula is C82H108BrN6OS3+3. The number of halogens is 1. The maximum absolute atomic E-state index is 5.14. The normalized spacial score (nSPS) is 16.8. The molecule has 11 heteroatoms. The van der Waals surface area contributed by atoms with Crippen molar-refractivity contribution in [2.75, 3.05) is 111 Å². The molecule has 0 atom stereocenters. The molecular weight excluding hydrogens is 1260 g/mol. The third-order valence-electron chi connectivity index (χ3n) is 18.5. The van der Waals surface area contributed by atoms with E-state index in [9.17, 15) is 0 Å². The fourth-order valence-corrected chi connectivity index (χ4v) is 19.8. The quantitative estimate of drug-likeness (QED) is 0.0950. The largest absolute Gasteiger partial charge is 1.00 e. The van der Waals surface area contributed by atoms with Gasteiger partial charge in [0, 0.05) is 68.7 Å². The molecule has 5 aliphatic rings. The van der Waals surface area contributed by atoms with Gasteiger partial charge in [0.15, 0.2) is 34.3 Å². The lowest BCUT2D eigenvalue weighted by Gasteiger charge is -2.39. The average Bonchev–Trinajstić information content (AvgIpc) is 1.73. The number of hydrogen-bond acceptors (Lipinski definition) is 5. The Morgan fingerprint density at radius 2 is 0.806 bits per heavy atom. The first-order chi connectivity index (χ1) is 44.9. The van der Waals surface area contributed by atoms with Crippen LogP contribution in [0.25, 0.3) is 10.9 Å². The van der Waals surface area contributed by atoms with Gasteiger partial charge in [0.2, 0.25) is 0 Å². The van der Waals surface area contributed by atoms with Crippen LogP contribution in [0, 0.1) is 6.92 Å². The number of anilines is 1. The van der Waals surface area contributed by atoms with E-state index in [0.717, 1.165) is 22.3 Å². The van der Waals surface area contributed by atoms with Gasteiger partial charge >= 0.3 is 0 Å². The Morgan fingerprint density at radius 3 is 1.23 bits per heavy atom. The van der Waals surface area contributed by atoms with Gasteiger partial charge in [-0.15, -0.1) is 0 Å². The Kier molecular flexibility index (Phi) is 30.4. The molecule has 0 radical (unpaired) electrons. The summed E-state index contributed by atoms with van der Waals surface area (Å²) in [4.78, 5) is 19.8. The lowest BCUT2D eigenvalue weighted by atomic mass is 10.0. The van der Waals surface area contributed by atoms with E-state index in [1.807, 2.05) is 12.1 Å². The second kappa shape index (κ2) is 38.7. The van der Waals surface area contributed by atoms with Crippen molar-refractivity contribution < 1.29 is 26.2 Å². The number of methoxy groups -OCH3 is 1. The van der Waals surface area contributed by atoms with Gasteiger partial charge in [-0.05, 0) is 214 Å². The zero-order chi connectivity index (χ0) is 64.3. The van der Waals surface area contributed by atoms with Gasteiger partial charge in [0.05, 0.1) is 73.2 Å². The molecule has 5 aliphatic heterocycles. The van der Waals surface area contributed by atoms with Crippen molar-refractivity contribution in [3.63, 3.8) is 0 Å². The maximum atomic E-state index is 5.14. The van der Waals surface area contributed by atoms with Crippen LogP contribution in [0.15, 0.2) is 265 Å². The van der Waals surface area contributed by atoms with Crippen LogP contribution >= 0.6 is 0 Å². The van der Waals surface area contributed by atoms with Crippen LogP contribution in [0.3, 0.4) is 0 Å². The molecule has 8 aromatic carbocycles. The summed E-state index contributed by atoms with van der Waals surface area (Å²) in [6.45, 7) is 12.4. The summed E-state index contributed by atoms with van der Waals surface area (Å²) >= 11 is 0. The van der Waals surface area contributed by atoms with Crippen molar-refractivity contribution in [3.8, 4) is 5.75 Å². The van der Waals surface area contributed by atoms with E-state index < -0.39 is 0 Å². The Balaban J connectivity index is 0.000000145. The average molecular weight is 1370 g/mol. The number of hydrogen-bond donors (Lipinski definition) is 0. The summed E-state index contributed by atoms with van der Waals surface area (Å²) in [5.74, 6) is 3.76. The minimum Gasteiger partial charge on any atom is -1.00 e. The highest BCUT2D eigenvalue weighted by atomic mass is 79.9. The molecule has 5 saturated heterocycles. The molecule has 494 valence electrons. The van der Waals surface area contributed by atoms with Crippen LogP contribution in [0.4, 0.5) is 5.69 Å². The Morgan fingerprint density at radius 1 is 0.419 bits per heavy atom. The van der Waals surface area contributed by atoms with Gasteiger partial charge in [-0.3, -0.25) is 0 Å². The zero-order valence-electron chi connectivity index (χ0n) is 57.3. The van der Waals surface area contributed by atoms with Gasteiger partial charge in [-0.25, -0.2) is 0 Å². The van der Waals surface area contributed by atoms with Crippen LogP contribution in [0.2, 0.25) is 0 Å². The molecule has 0 aliphatic carbocycles. The number of likely N-dealkylation sites (tertiary alicyclic amines) is 3. The molecule has 14 rings (SSSR count). The van der Waals surface area contributed by atoms with Crippen LogP contribution in [-0.4, -0.2) is 142 Å². The van der Waals surface area contributed by atoms with Crippen LogP contribution < -0.4 is 26.6 Å². The van der Waals surface area contributed by atoms with Crippen molar-refractivity contribution in [1.29, 1.82) is 0 Å². The molecule has 0 bridgehead atoms. The first kappa shape index (κ1) is 73.1. The summed E-state index contributed by atoms with van der Waals surface area (Å²) in [6.07, 6.45) is 19.1. The van der Waals surface area contributed by atoms with Crippen molar-refractivity contribution in [2.24, 2.45) is 7.05 Å². The fourth-order valence-electron chi connectivity index (χ4n) is 13.0. The van der Waals surface area contributed by atoms with E-state index in [0.29, 0.717) is 10.9 Å². The van der Waals surface area contributed by atoms with Gasteiger partial charge in [-0.1, -0.05) is 127 Å². The maximum Gasteiger partial charge on any atom is 0.180 e. The number of benzene rings is 8. The van der Waals surface area contributed by atoms with Crippen LogP contribution in [0.1, 0.15) is 82.6 Å². The van der Waals surface area contributed by atoms with Gasteiger partial charge in [-0.2, -0.15) is 0 Å². The predicted molar refractivity (Wildman–Crippen MR) is 399 cm³/mol. The summed E-state index contributed by atoms with van der Waals surface area (Å²) in [5.41, 5.74) is 4.01. The Labute approximate surface area is 581 Å². The molecule has 5 fully saturated rings. The molecule has 0 saturated carbocycles. The number of nitrogens with zero attached hydrogens (tertiary/aromatic N) is 6. The number of aryl methyl sites for hydroxylation is 2. The molecule has 0 unspecified atom stereocenters. The smallest absolute Gasteiger partial charge is 0.180 e. The van der Waals surface area contributed by atoms with E-state index in [2.05, 4.69) is 292 Å². The highest BCUT2D eigenvalue weighted by Gasteiger charge is 2.32. The molecule has 93 heavy (non-hydrogen) atoms. The first-order valence-corrected chi connectivity index (χ1v) is 38.3. The number of quaternary nitrogens is 1. The predicted octanol–water partition coefficient (Wildman–Crippen LogP) is 14.9. The monoisotopic (exact) mass is 1370 g/mol. The molecule has 7 nitrogen and oxygen atoms in total. The van der Waals surface area contributed by atoms with Crippen LogP contribution in [-0.2, 0) is 39.7 Å². The molecule has 6 heterocycles. The standard InChI is InChI=1S/C19H17S.C18H15S.C13H16NS.C12H17NO.C11H22N2.C9H21N2.BrH/c1-16-12-14-19(15-13-16)20(17-8-4-2-5-9-17)18-10-6-3-7-11-18;1-4-10-16(11-5-1)19(17-12-6-2-7-13-17)18-14-8-3-9-15-18;1-14-10-13(15-8-4-5-9-15)11-6-2-3-7-12(11)14;1-14-12-7-5-11(6-8-12)13-9-3-2-4-10-13;1-12-9-5-11(6-10-12)13-7-3-2-4-8-13;1-10-7-5-9(6-8-10)11(2,3)4;/h2-15H,1H3;1-15H;2-3,6-7,10H,4-5,8-9H2,1H3;5-8H,2-4,9-10H2,1H3;11H,2-10H2,1H3;9H,5-8H2,1-4H3;1H/q3*+1;;;+1;/p-1.